The van der Waals surface area contributed by atoms with Crippen molar-refractivity contribution in [2.45, 2.75) is 13.8 Å². The van der Waals surface area contributed by atoms with Gasteiger partial charge in [0.1, 0.15) is 5.52 Å². The van der Waals surface area contributed by atoms with Crippen LogP contribution in [0.2, 0.25) is 0 Å². The van der Waals surface area contributed by atoms with Crippen LogP contribution < -0.4 is 11.3 Å². The number of nitrogens with two attached hydrogens (primary N) is 1. The number of anilines is 1. The molecule has 1 heterocycles. The summed E-state index contributed by atoms with van der Waals surface area (Å²) in [7, 11) is 0. The summed E-state index contributed by atoms with van der Waals surface area (Å²) < 4.78 is 6.44. The average Bonchev–Trinajstić information content (AvgIpc) is 2.57. The predicted molar refractivity (Wildman–Crippen MR) is 59.0 cm³/mol. The molecule has 1 aromatic carbocycles. The summed E-state index contributed by atoms with van der Waals surface area (Å²) in [6.45, 7) is 4.02. The fraction of sp³-hybridized carbons (Fsp3) is 0.222. The molecule has 0 amide bonds. The lowest BCUT2D eigenvalue weighted by Crippen LogP contribution is -2.06. The Morgan fingerprint density at radius 3 is 2.79 bits per heavy atom. The van der Waals surface area contributed by atoms with Crippen molar-refractivity contribution in [3.63, 3.8) is 0 Å². The van der Waals surface area contributed by atoms with Gasteiger partial charge in [-0.05, 0) is 31.0 Å². The molecular formula is C9H10BrN3O. The summed E-state index contributed by atoms with van der Waals surface area (Å²) >= 11 is 3.46. The number of hydrogen-bond acceptors (Lipinski definition) is 4. The number of fused-ring (bicyclic) bond motifs is 1. The summed E-state index contributed by atoms with van der Waals surface area (Å²) in [5.41, 5.74) is 6.19. The number of oxazole rings is 1. The quantitative estimate of drug-likeness (QED) is 0.607. The molecule has 4 nitrogen and oxygen atoms in total. The number of rotatable bonds is 1. The molecule has 1 aromatic heterocycles. The molecule has 0 atom stereocenters. The molecule has 0 radical (unpaired) electrons. The van der Waals surface area contributed by atoms with Crippen LogP contribution in [0.4, 0.5) is 6.01 Å². The van der Waals surface area contributed by atoms with E-state index in [2.05, 4.69) is 26.3 Å². The fourth-order valence-corrected chi connectivity index (χ4v) is 1.85. The lowest BCUT2D eigenvalue weighted by Gasteiger charge is -2.01. The Bertz CT molecular complexity index is 492. The van der Waals surface area contributed by atoms with Crippen LogP contribution in [-0.4, -0.2) is 4.98 Å². The number of halogens is 1. The molecule has 0 saturated carbocycles. The van der Waals surface area contributed by atoms with Crippen LogP contribution in [-0.2, 0) is 0 Å². The van der Waals surface area contributed by atoms with Crippen LogP contribution in [0.5, 0.6) is 0 Å². The molecule has 0 aliphatic carbocycles. The third-order valence-electron chi connectivity index (χ3n) is 2.30. The molecule has 0 aliphatic heterocycles. The van der Waals surface area contributed by atoms with E-state index in [0.717, 1.165) is 26.7 Å². The lowest BCUT2D eigenvalue weighted by atomic mass is 10.1. The topological polar surface area (TPSA) is 64.1 Å². The van der Waals surface area contributed by atoms with E-state index in [1.165, 1.54) is 0 Å². The summed E-state index contributed by atoms with van der Waals surface area (Å²) in [4.78, 5) is 4.16. The minimum atomic E-state index is 0.334. The summed E-state index contributed by atoms with van der Waals surface area (Å²) in [6, 6.07) is 2.25. The second-order valence-electron chi connectivity index (χ2n) is 3.12. The van der Waals surface area contributed by atoms with E-state index in [1.807, 2.05) is 19.9 Å². The zero-order chi connectivity index (χ0) is 10.3. The van der Waals surface area contributed by atoms with E-state index in [4.69, 9.17) is 10.3 Å². The van der Waals surface area contributed by atoms with Crippen LogP contribution >= 0.6 is 15.9 Å². The van der Waals surface area contributed by atoms with Gasteiger partial charge in [0.2, 0.25) is 0 Å². The number of aromatic nitrogens is 1. The second kappa shape index (κ2) is 3.25. The van der Waals surface area contributed by atoms with Crippen molar-refractivity contribution in [1.29, 1.82) is 0 Å². The lowest BCUT2D eigenvalue weighted by molar-refractivity contribution is 0.614. The molecule has 3 N–H and O–H groups in total. The van der Waals surface area contributed by atoms with Gasteiger partial charge in [-0.2, -0.15) is 4.98 Å². The van der Waals surface area contributed by atoms with E-state index in [1.54, 1.807) is 0 Å². The standard InChI is InChI=1S/C9H10BrN3O/c1-4-5(2)8-7(3-6(4)10)12-9(13-11)14-8/h3H,11H2,1-2H3,(H,12,13). The van der Waals surface area contributed by atoms with Crippen molar-refractivity contribution >= 4 is 33.0 Å². The van der Waals surface area contributed by atoms with Crippen molar-refractivity contribution in [3.8, 4) is 0 Å². The Morgan fingerprint density at radius 1 is 1.43 bits per heavy atom. The van der Waals surface area contributed by atoms with Gasteiger partial charge in [-0.3, -0.25) is 5.43 Å². The molecule has 74 valence electrons. The first kappa shape index (κ1) is 9.48. The monoisotopic (exact) mass is 255 g/mol. The Hall–Kier alpha value is -1.07. The van der Waals surface area contributed by atoms with Crippen molar-refractivity contribution in [2.24, 2.45) is 5.84 Å². The third-order valence-corrected chi connectivity index (χ3v) is 3.13. The molecule has 2 rings (SSSR count). The van der Waals surface area contributed by atoms with Gasteiger partial charge in [0.05, 0.1) is 0 Å². The van der Waals surface area contributed by atoms with Gasteiger partial charge in [0.25, 0.3) is 0 Å². The Morgan fingerprint density at radius 2 is 2.14 bits per heavy atom. The van der Waals surface area contributed by atoms with Gasteiger partial charge in [0, 0.05) is 4.47 Å². The molecule has 0 saturated heterocycles. The Kier molecular flexibility index (Phi) is 2.20. The van der Waals surface area contributed by atoms with E-state index < -0.39 is 0 Å². The van der Waals surface area contributed by atoms with Gasteiger partial charge in [-0.25, -0.2) is 5.84 Å². The maximum atomic E-state index is 5.42. The van der Waals surface area contributed by atoms with Crippen molar-refractivity contribution in [2.75, 3.05) is 5.43 Å². The number of benzene rings is 1. The maximum Gasteiger partial charge on any atom is 0.310 e. The highest BCUT2D eigenvalue weighted by Crippen LogP contribution is 2.29. The maximum absolute atomic E-state index is 5.42. The first-order valence-corrected chi connectivity index (χ1v) is 4.95. The minimum Gasteiger partial charge on any atom is -0.422 e. The van der Waals surface area contributed by atoms with E-state index in [9.17, 15) is 0 Å². The van der Waals surface area contributed by atoms with Crippen LogP contribution in [0, 0.1) is 13.8 Å². The highest BCUT2D eigenvalue weighted by molar-refractivity contribution is 9.10. The molecule has 0 bridgehead atoms. The number of hydrogen-bond donors (Lipinski definition) is 2. The molecular weight excluding hydrogens is 246 g/mol. The Balaban J connectivity index is 2.81. The number of nitrogens with zero attached hydrogens (tertiary/aromatic N) is 1. The van der Waals surface area contributed by atoms with E-state index in [-0.39, 0.29) is 0 Å². The molecule has 0 fully saturated rings. The number of aryl methyl sites for hydroxylation is 1. The number of nitrogens with one attached hydrogen (secondary N) is 1. The van der Waals surface area contributed by atoms with Crippen LogP contribution in [0.15, 0.2) is 15.0 Å². The van der Waals surface area contributed by atoms with Crippen LogP contribution in [0.1, 0.15) is 11.1 Å². The highest BCUT2D eigenvalue weighted by atomic mass is 79.9. The van der Waals surface area contributed by atoms with E-state index in [0.29, 0.717) is 6.01 Å². The summed E-state index contributed by atoms with van der Waals surface area (Å²) in [5.74, 6) is 5.22. The fourth-order valence-electron chi connectivity index (χ4n) is 1.34. The van der Waals surface area contributed by atoms with Crippen molar-refractivity contribution in [3.05, 3.63) is 21.7 Å². The van der Waals surface area contributed by atoms with Crippen molar-refractivity contribution < 1.29 is 4.42 Å². The van der Waals surface area contributed by atoms with Gasteiger partial charge in [0.15, 0.2) is 5.58 Å². The molecule has 5 heteroatoms. The van der Waals surface area contributed by atoms with Crippen molar-refractivity contribution in [1.82, 2.24) is 4.98 Å². The minimum absolute atomic E-state index is 0.334. The van der Waals surface area contributed by atoms with Gasteiger partial charge in [-0.1, -0.05) is 15.9 Å². The van der Waals surface area contributed by atoms with Gasteiger partial charge >= 0.3 is 6.01 Å². The third kappa shape index (κ3) is 1.29. The van der Waals surface area contributed by atoms with E-state index >= 15 is 0 Å². The molecule has 0 spiro atoms. The molecule has 0 aliphatic rings. The average molecular weight is 256 g/mol. The first-order chi connectivity index (χ1) is 6.63. The van der Waals surface area contributed by atoms with Gasteiger partial charge < -0.3 is 4.42 Å². The summed E-state index contributed by atoms with van der Waals surface area (Å²) in [6.07, 6.45) is 0. The number of hydrazine groups is 1. The largest absolute Gasteiger partial charge is 0.422 e. The SMILES string of the molecule is Cc1c(Br)cc2nc(NN)oc2c1C. The normalized spacial score (nSPS) is 10.9. The first-order valence-electron chi connectivity index (χ1n) is 4.16. The zero-order valence-electron chi connectivity index (χ0n) is 7.89. The Labute approximate surface area is 89.6 Å². The van der Waals surface area contributed by atoms with Crippen LogP contribution in [0.25, 0.3) is 11.1 Å². The second-order valence-corrected chi connectivity index (χ2v) is 3.97. The molecule has 2 aromatic rings. The zero-order valence-corrected chi connectivity index (χ0v) is 9.47. The smallest absolute Gasteiger partial charge is 0.310 e. The molecule has 0 unspecified atom stereocenters. The molecule has 14 heavy (non-hydrogen) atoms. The highest BCUT2D eigenvalue weighted by Gasteiger charge is 2.11. The van der Waals surface area contributed by atoms with Gasteiger partial charge in [-0.15, -0.1) is 0 Å². The number of nitrogen functional groups attached to an aromatic ring is 1. The predicted octanol–water partition coefficient (Wildman–Crippen LogP) is 2.49. The summed E-state index contributed by atoms with van der Waals surface area (Å²) in [5, 5.41) is 0. The van der Waals surface area contributed by atoms with Crippen LogP contribution in [0.3, 0.4) is 0 Å².